The van der Waals surface area contributed by atoms with Crippen molar-refractivity contribution in [3.05, 3.63) is 29.8 Å². The van der Waals surface area contributed by atoms with Crippen molar-refractivity contribution >= 4 is 5.69 Å². The van der Waals surface area contributed by atoms with Gasteiger partial charge in [0.15, 0.2) is 0 Å². The summed E-state index contributed by atoms with van der Waals surface area (Å²) in [6.45, 7) is 3.57. The highest BCUT2D eigenvalue weighted by molar-refractivity contribution is 5.56. The minimum Gasteiger partial charge on any atom is -0.368 e. The van der Waals surface area contributed by atoms with Crippen LogP contribution in [-0.4, -0.2) is 25.7 Å². The van der Waals surface area contributed by atoms with E-state index in [1.165, 1.54) is 51.0 Å². The lowest BCUT2D eigenvalue weighted by atomic mass is 9.93. The van der Waals surface area contributed by atoms with Gasteiger partial charge in [-0.3, -0.25) is 0 Å². The third-order valence-electron chi connectivity index (χ3n) is 3.90. The Bertz CT molecular complexity index is 362. The van der Waals surface area contributed by atoms with Gasteiger partial charge in [0.05, 0.1) is 0 Å². The molecule has 16 heavy (non-hydrogen) atoms. The highest BCUT2D eigenvalue weighted by Crippen LogP contribution is 2.32. The van der Waals surface area contributed by atoms with Crippen LogP contribution in [0.3, 0.4) is 0 Å². The van der Waals surface area contributed by atoms with Crippen molar-refractivity contribution < 1.29 is 0 Å². The number of anilines is 1. The first-order valence-corrected chi connectivity index (χ1v) is 6.50. The van der Waals surface area contributed by atoms with E-state index in [9.17, 15) is 0 Å². The summed E-state index contributed by atoms with van der Waals surface area (Å²) in [5, 5.41) is 3.52. The Morgan fingerprint density at radius 1 is 1.12 bits per heavy atom. The fourth-order valence-corrected chi connectivity index (χ4v) is 3.05. The van der Waals surface area contributed by atoms with Gasteiger partial charge in [-0.25, -0.2) is 0 Å². The molecular weight excluding hydrogens is 196 g/mol. The Balaban J connectivity index is 1.90. The normalized spacial score (nSPS) is 25.2. The van der Waals surface area contributed by atoms with Crippen LogP contribution < -0.4 is 10.2 Å². The summed E-state index contributed by atoms with van der Waals surface area (Å²) in [6.07, 6.45) is 5.16. The molecule has 0 spiro atoms. The van der Waals surface area contributed by atoms with Gasteiger partial charge in [-0.1, -0.05) is 18.2 Å². The van der Waals surface area contributed by atoms with Crippen molar-refractivity contribution in [2.45, 2.75) is 31.7 Å². The van der Waals surface area contributed by atoms with Crippen LogP contribution in [0.1, 0.15) is 24.8 Å². The van der Waals surface area contributed by atoms with Crippen molar-refractivity contribution in [3.8, 4) is 0 Å². The molecule has 1 aromatic rings. The molecule has 1 saturated heterocycles. The van der Waals surface area contributed by atoms with Gasteiger partial charge in [0.2, 0.25) is 0 Å². The number of nitrogens with zero attached hydrogens (tertiary/aromatic N) is 1. The summed E-state index contributed by atoms with van der Waals surface area (Å²) in [5.41, 5.74) is 3.05. The number of benzene rings is 1. The average Bonchev–Trinajstić information content (AvgIpc) is 2.29. The zero-order valence-corrected chi connectivity index (χ0v) is 9.78. The molecule has 3 rings (SSSR count). The second kappa shape index (κ2) is 4.46. The Morgan fingerprint density at radius 2 is 2.06 bits per heavy atom. The third kappa shape index (κ3) is 1.82. The van der Waals surface area contributed by atoms with Gasteiger partial charge >= 0.3 is 0 Å². The maximum absolute atomic E-state index is 3.52. The topological polar surface area (TPSA) is 15.3 Å². The fraction of sp³-hybridized carbons (Fsp3) is 0.571. The lowest BCUT2D eigenvalue weighted by molar-refractivity contribution is 0.444. The number of hydrogen-bond acceptors (Lipinski definition) is 2. The molecule has 86 valence electrons. The van der Waals surface area contributed by atoms with E-state index in [0.717, 1.165) is 6.04 Å². The molecule has 2 heteroatoms. The molecule has 2 heterocycles. The summed E-state index contributed by atoms with van der Waals surface area (Å²) >= 11 is 0. The first-order chi connectivity index (χ1) is 7.95. The Morgan fingerprint density at radius 3 is 3.06 bits per heavy atom. The standard InChI is InChI=1S/C14H20N2/c1-2-5-14-12(4-1)6-7-13-8-10-15-9-3-11-16(13)14/h1-2,4-5,13,15H,3,6-11H2. The minimum atomic E-state index is 0.766. The van der Waals surface area contributed by atoms with Crippen LogP contribution in [-0.2, 0) is 6.42 Å². The molecule has 2 nitrogen and oxygen atoms in total. The second-order valence-corrected chi connectivity index (χ2v) is 4.91. The molecule has 0 aromatic heterocycles. The van der Waals surface area contributed by atoms with Crippen molar-refractivity contribution in [1.82, 2.24) is 5.32 Å². The van der Waals surface area contributed by atoms with Crippen molar-refractivity contribution in [3.63, 3.8) is 0 Å². The van der Waals surface area contributed by atoms with Crippen LogP contribution in [0.4, 0.5) is 5.69 Å². The number of nitrogens with one attached hydrogen (secondary N) is 1. The molecule has 1 atom stereocenters. The van der Waals surface area contributed by atoms with E-state index in [4.69, 9.17) is 0 Å². The lowest BCUT2D eigenvalue weighted by Gasteiger charge is -2.40. The van der Waals surface area contributed by atoms with E-state index < -0.39 is 0 Å². The van der Waals surface area contributed by atoms with E-state index >= 15 is 0 Å². The summed E-state index contributed by atoms with van der Waals surface area (Å²) in [7, 11) is 0. The second-order valence-electron chi connectivity index (χ2n) is 4.91. The summed E-state index contributed by atoms with van der Waals surface area (Å²) in [5.74, 6) is 0. The van der Waals surface area contributed by atoms with Gasteiger partial charge in [0, 0.05) is 18.3 Å². The number of para-hydroxylation sites is 1. The van der Waals surface area contributed by atoms with E-state index in [1.54, 1.807) is 5.56 Å². The van der Waals surface area contributed by atoms with Crippen LogP contribution in [0.2, 0.25) is 0 Å². The van der Waals surface area contributed by atoms with Crippen molar-refractivity contribution in [1.29, 1.82) is 0 Å². The third-order valence-corrected chi connectivity index (χ3v) is 3.90. The zero-order chi connectivity index (χ0) is 10.8. The monoisotopic (exact) mass is 216 g/mol. The van der Waals surface area contributed by atoms with Gasteiger partial charge in [-0.15, -0.1) is 0 Å². The molecule has 0 saturated carbocycles. The fourth-order valence-electron chi connectivity index (χ4n) is 3.05. The molecule has 0 bridgehead atoms. The number of hydrogen-bond donors (Lipinski definition) is 1. The van der Waals surface area contributed by atoms with E-state index in [1.807, 2.05) is 0 Å². The summed E-state index contributed by atoms with van der Waals surface area (Å²) < 4.78 is 0. The molecule has 0 aliphatic carbocycles. The summed E-state index contributed by atoms with van der Waals surface area (Å²) in [6, 6.07) is 9.71. The number of rotatable bonds is 0. The highest BCUT2D eigenvalue weighted by atomic mass is 15.2. The maximum atomic E-state index is 3.52. The first kappa shape index (κ1) is 10.2. The molecular formula is C14H20N2. The maximum Gasteiger partial charge on any atom is 0.0401 e. The molecule has 1 unspecified atom stereocenters. The highest BCUT2D eigenvalue weighted by Gasteiger charge is 2.25. The van der Waals surface area contributed by atoms with Crippen LogP contribution >= 0.6 is 0 Å². The van der Waals surface area contributed by atoms with Crippen LogP contribution in [0.25, 0.3) is 0 Å². The quantitative estimate of drug-likeness (QED) is 0.715. The Kier molecular flexibility index (Phi) is 2.83. The van der Waals surface area contributed by atoms with Gasteiger partial charge < -0.3 is 10.2 Å². The van der Waals surface area contributed by atoms with Crippen molar-refractivity contribution in [2.75, 3.05) is 24.5 Å². The molecule has 0 amide bonds. The molecule has 1 N–H and O–H groups in total. The average molecular weight is 216 g/mol. The smallest absolute Gasteiger partial charge is 0.0401 e. The van der Waals surface area contributed by atoms with Crippen LogP contribution in [0.5, 0.6) is 0 Å². The van der Waals surface area contributed by atoms with Crippen LogP contribution in [0.15, 0.2) is 24.3 Å². The zero-order valence-electron chi connectivity index (χ0n) is 9.78. The Labute approximate surface area is 97.6 Å². The first-order valence-electron chi connectivity index (χ1n) is 6.50. The molecule has 1 fully saturated rings. The van der Waals surface area contributed by atoms with E-state index in [-0.39, 0.29) is 0 Å². The predicted octanol–water partition coefficient (Wildman–Crippen LogP) is 2.19. The van der Waals surface area contributed by atoms with Gasteiger partial charge in [0.1, 0.15) is 0 Å². The summed E-state index contributed by atoms with van der Waals surface area (Å²) in [4.78, 5) is 2.65. The molecule has 2 aliphatic heterocycles. The van der Waals surface area contributed by atoms with Crippen LogP contribution in [0, 0.1) is 0 Å². The minimum absolute atomic E-state index is 0.766. The van der Waals surface area contributed by atoms with Crippen molar-refractivity contribution in [2.24, 2.45) is 0 Å². The van der Waals surface area contributed by atoms with E-state index in [0.29, 0.717) is 0 Å². The Hall–Kier alpha value is -1.02. The van der Waals surface area contributed by atoms with Gasteiger partial charge in [0.25, 0.3) is 0 Å². The molecule has 0 radical (unpaired) electrons. The van der Waals surface area contributed by atoms with E-state index in [2.05, 4.69) is 34.5 Å². The van der Waals surface area contributed by atoms with Gasteiger partial charge in [-0.05, 0) is 50.4 Å². The predicted molar refractivity (Wildman–Crippen MR) is 68.0 cm³/mol. The number of fused-ring (bicyclic) bond motifs is 3. The van der Waals surface area contributed by atoms with Gasteiger partial charge in [-0.2, -0.15) is 0 Å². The SMILES string of the molecule is c1ccc2c(c1)CCC1CCNCCCN21. The molecule has 2 aliphatic rings. The number of aryl methyl sites for hydroxylation is 1. The molecule has 1 aromatic carbocycles. The largest absolute Gasteiger partial charge is 0.368 e. The lowest BCUT2D eigenvalue weighted by Crippen LogP contribution is -2.44.